The van der Waals surface area contributed by atoms with Crippen molar-refractivity contribution in [1.82, 2.24) is 0 Å². The summed E-state index contributed by atoms with van der Waals surface area (Å²) in [6, 6.07) is 0. The van der Waals surface area contributed by atoms with Gasteiger partial charge in [0.25, 0.3) is 0 Å². The van der Waals surface area contributed by atoms with Gasteiger partial charge in [-0.25, -0.2) is 0 Å². The molecule has 0 bridgehead atoms. The molecule has 35 heavy (non-hydrogen) atoms. The van der Waals surface area contributed by atoms with Crippen LogP contribution in [0, 0.1) is 53.3 Å². The molecule has 3 aliphatic heterocycles. The minimum atomic E-state index is 0. The molecule has 212 valence electrons. The van der Waals surface area contributed by atoms with Gasteiger partial charge in [-0.2, -0.15) is 0 Å². The first-order valence-electron chi connectivity index (χ1n) is 14.6. The van der Waals surface area contributed by atoms with Crippen molar-refractivity contribution in [2.75, 3.05) is 0 Å². The lowest BCUT2D eigenvalue weighted by Gasteiger charge is -2.42. The highest BCUT2D eigenvalue weighted by atomic mass is 16.5. The topological polar surface area (TPSA) is 27.7 Å². The third-order valence-corrected chi connectivity index (χ3v) is 10.9. The van der Waals surface area contributed by atoms with Crippen molar-refractivity contribution >= 4 is 0 Å². The smallest absolute Gasteiger partial charge is 0.0604 e. The van der Waals surface area contributed by atoms with E-state index < -0.39 is 0 Å². The van der Waals surface area contributed by atoms with Crippen molar-refractivity contribution in [3.8, 4) is 0 Å². The molecule has 6 unspecified atom stereocenters. The molecule has 3 fully saturated rings. The normalized spacial score (nSPS) is 50.0. The average molecular weight is 499 g/mol. The fraction of sp³-hybridized carbons (Fsp3) is 1.00. The Labute approximate surface area is 221 Å². The number of hydrogen-bond donors (Lipinski definition) is 0. The molecule has 0 amide bonds. The van der Waals surface area contributed by atoms with E-state index in [9.17, 15) is 0 Å². The van der Waals surface area contributed by atoms with Gasteiger partial charge in [-0.3, -0.25) is 0 Å². The van der Waals surface area contributed by atoms with E-state index in [2.05, 4.69) is 104 Å². The molecule has 0 saturated carbocycles. The second kappa shape index (κ2) is 15.3. The van der Waals surface area contributed by atoms with Gasteiger partial charge in [-0.15, -0.1) is 0 Å². The molecule has 3 rings (SSSR count). The Morgan fingerprint density at radius 3 is 0.829 bits per heavy atom. The molecule has 0 aromatic rings. The van der Waals surface area contributed by atoms with E-state index in [1.54, 1.807) is 0 Å². The lowest BCUT2D eigenvalue weighted by Crippen LogP contribution is -2.42. The molecule has 0 radical (unpaired) electrons. The second-order valence-corrected chi connectivity index (χ2v) is 12.6. The first-order chi connectivity index (χ1) is 15.6. The van der Waals surface area contributed by atoms with E-state index in [-0.39, 0.29) is 7.43 Å². The van der Waals surface area contributed by atoms with Gasteiger partial charge < -0.3 is 14.2 Å². The molecule has 3 heteroatoms. The summed E-state index contributed by atoms with van der Waals surface area (Å²) in [5.74, 6) is 6.68. The summed E-state index contributed by atoms with van der Waals surface area (Å²) in [5.41, 5.74) is 0. The van der Waals surface area contributed by atoms with E-state index in [0.29, 0.717) is 66.2 Å². The molecule has 0 aromatic heterocycles. The average Bonchev–Trinajstić information content (AvgIpc) is 2.80. The van der Waals surface area contributed by atoms with Crippen molar-refractivity contribution in [2.45, 2.75) is 154 Å². The van der Waals surface area contributed by atoms with Crippen molar-refractivity contribution in [3.63, 3.8) is 0 Å². The maximum atomic E-state index is 5.93. The van der Waals surface area contributed by atoms with Crippen LogP contribution in [0.25, 0.3) is 0 Å². The summed E-state index contributed by atoms with van der Waals surface area (Å²) in [4.78, 5) is 0. The van der Waals surface area contributed by atoms with Gasteiger partial charge in [0.1, 0.15) is 0 Å². The molecule has 3 nitrogen and oxygen atoms in total. The Morgan fingerprint density at radius 2 is 0.571 bits per heavy atom. The molecule has 0 aliphatic carbocycles. The predicted molar refractivity (Wildman–Crippen MR) is 154 cm³/mol. The van der Waals surface area contributed by atoms with Crippen LogP contribution in [0.1, 0.15) is 118 Å². The fourth-order valence-corrected chi connectivity index (χ4v) is 6.08. The van der Waals surface area contributed by atoms with Crippen LogP contribution < -0.4 is 0 Å². The fourth-order valence-electron chi connectivity index (χ4n) is 6.08. The summed E-state index contributed by atoms with van der Waals surface area (Å²) in [6.07, 6.45) is 3.86. The van der Waals surface area contributed by atoms with E-state index in [1.165, 1.54) is 0 Å². The molecule has 3 aliphatic rings. The minimum Gasteiger partial charge on any atom is -0.375 e. The number of ether oxygens (including phenoxy) is 3. The van der Waals surface area contributed by atoms with Gasteiger partial charge in [0.05, 0.1) is 36.6 Å². The lowest BCUT2D eigenvalue weighted by atomic mass is 9.76. The first-order valence-corrected chi connectivity index (χ1v) is 14.6. The molecule has 0 spiro atoms. The Bertz CT molecular complexity index is 500. The van der Waals surface area contributed by atoms with Gasteiger partial charge >= 0.3 is 0 Å². The van der Waals surface area contributed by atoms with Crippen LogP contribution in [0.3, 0.4) is 0 Å². The van der Waals surface area contributed by atoms with Gasteiger partial charge in [0.15, 0.2) is 0 Å². The summed E-state index contributed by atoms with van der Waals surface area (Å²) in [6.45, 7) is 34.0. The summed E-state index contributed by atoms with van der Waals surface area (Å²) in [7, 11) is 0. The maximum Gasteiger partial charge on any atom is 0.0604 e. The molecule has 3 heterocycles. The summed E-state index contributed by atoms with van der Waals surface area (Å²) in [5, 5.41) is 0. The highest BCUT2D eigenvalue weighted by molar-refractivity contribution is 4.84. The van der Waals surface area contributed by atoms with E-state index in [1.807, 2.05) is 0 Å². The molecular weight excluding hydrogens is 432 g/mol. The third kappa shape index (κ3) is 8.99. The SMILES string of the molecule is C.CC1O[C@H](C)[C@@H](C)C(C)[C@H]1C.CC1O[C@H](C)[C@@H](C)C(C)[C@H]1C.CCC1OC(C)[C@H](C)[C@@H](C)[C@@H]1C. The van der Waals surface area contributed by atoms with E-state index >= 15 is 0 Å². The van der Waals surface area contributed by atoms with Gasteiger partial charge in [-0.05, 0) is 94.3 Å². The number of rotatable bonds is 1. The first kappa shape index (κ1) is 34.9. The quantitative estimate of drug-likeness (QED) is 0.361. The van der Waals surface area contributed by atoms with Crippen LogP contribution in [0.5, 0.6) is 0 Å². The highest BCUT2D eigenvalue weighted by Crippen LogP contribution is 2.36. The number of hydrogen-bond acceptors (Lipinski definition) is 3. The van der Waals surface area contributed by atoms with Crippen molar-refractivity contribution < 1.29 is 14.2 Å². The Balaban J connectivity index is 0.000000489. The molecule has 15 atom stereocenters. The largest absolute Gasteiger partial charge is 0.375 e. The molecule has 3 saturated heterocycles. The summed E-state index contributed by atoms with van der Waals surface area (Å²) >= 11 is 0. The predicted octanol–water partition coefficient (Wildman–Crippen LogP) is 9.13. The van der Waals surface area contributed by atoms with Crippen LogP contribution in [0.15, 0.2) is 0 Å². The zero-order valence-electron chi connectivity index (χ0n) is 25.6. The maximum absolute atomic E-state index is 5.93. The van der Waals surface area contributed by atoms with Crippen molar-refractivity contribution in [3.05, 3.63) is 0 Å². The van der Waals surface area contributed by atoms with Crippen LogP contribution in [0.2, 0.25) is 0 Å². The van der Waals surface area contributed by atoms with Crippen LogP contribution in [0.4, 0.5) is 0 Å². The second-order valence-electron chi connectivity index (χ2n) is 12.6. The van der Waals surface area contributed by atoms with Crippen LogP contribution in [-0.2, 0) is 14.2 Å². The highest BCUT2D eigenvalue weighted by Gasteiger charge is 2.36. The zero-order chi connectivity index (χ0) is 26.5. The van der Waals surface area contributed by atoms with Crippen molar-refractivity contribution in [2.24, 2.45) is 53.3 Å². The zero-order valence-corrected chi connectivity index (χ0v) is 25.6. The lowest BCUT2D eigenvalue weighted by molar-refractivity contribution is -0.125. The Hall–Kier alpha value is -0.120. The van der Waals surface area contributed by atoms with Gasteiger partial charge in [0.2, 0.25) is 0 Å². The molecular formula is C32H66O3. The van der Waals surface area contributed by atoms with Crippen molar-refractivity contribution in [1.29, 1.82) is 0 Å². The monoisotopic (exact) mass is 499 g/mol. The molecule has 0 aromatic carbocycles. The van der Waals surface area contributed by atoms with Gasteiger partial charge in [0, 0.05) is 0 Å². The molecule has 0 N–H and O–H groups in total. The standard InChI is InChI=1S/C11H22O.2C10H20O.CH4/c1-6-11-9(4)7(2)8(3)10(5)12-11;2*1-6-7(2)9(4)11-10(5)8(6)3;/h7-11H,6H2,1-5H3;2*6-10H,1-5H3;1H4/t7-,8-,9+,10?,11?;2*6?,7-,8+,9+,10?;/m100./s1. The van der Waals surface area contributed by atoms with Gasteiger partial charge in [-0.1, -0.05) is 76.7 Å². The Kier molecular flexibility index (Phi) is 15.3. The van der Waals surface area contributed by atoms with Crippen LogP contribution >= 0.6 is 0 Å². The van der Waals surface area contributed by atoms with E-state index in [0.717, 1.165) is 30.1 Å². The van der Waals surface area contributed by atoms with Crippen LogP contribution in [-0.4, -0.2) is 36.6 Å². The Morgan fingerprint density at radius 1 is 0.343 bits per heavy atom. The summed E-state index contributed by atoms with van der Waals surface area (Å²) < 4.78 is 17.5. The third-order valence-electron chi connectivity index (χ3n) is 10.9. The minimum absolute atomic E-state index is 0. The van der Waals surface area contributed by atoms with E-state index in [4.69, 9.17) is 14.2 Å².